The summed E-state index contributed by atoms with van der Waals surface area (Å²) in [5.41, 5.74) is 0.397. The molecule has 1 aliphatic heterocycles. The Hall–Kier alpha value is -1.64. The summed E-state index contributed by atoms with van der Waals surface area (Å²) < 4.78 is 24.8. The third-order valence-electron chi connectivity index (χ3n) is 3.57. The van der Waals surface area contributed by atoms with Crippen LogP contribution in [0, 0.1) is 10.1 Å². The van der Waals surface area contributed by atoms with Crippen LogP contribution in [0.1, 0.15) is 31.9 Å². The molecular formula is C12H20N4O4S. The minimum atomic E-state index is -3.06. The highest BCUT2D eigenvalue weighted by molar-refractivity contribution is 7.91. The molecule has 118 valence electrons. The summed E-state index contributed by atoms with van der Waals surface area (Å²) in [6.45, 7) is 1.93. The Kier molecular flexibility index (Phi) is 4.50. The van der Waals surface area contributed by atoms with E-state index in [4.69, 9.17) is 0 Å². The van der Waals surface area contributed by atoms with Crippen LogP contribution in [0.2, 0.25) is 0 Å². The van der Waals surface area contributed by atoms with Crippen molar-refractivity contribution in [2.45, 2.75) is 38.6 Å². The highest BCUT2D eigenvalue weighted by Gasteiger charge is 2.31. The molecule has 21 heavy (non-hydrogen) atoms. The molecule has 2 heterocycles. The van der Waals surface area contributed by atoms with Crippen LogP contribution >= 0.6 is 0 Å². The lowest BCUT2D eigenvalue weighted by Gasteiger charge is -2.23. The lowest BCUT2D eigenvalue weighted by molar-refractivity contribution is -0.384. The fraction of sp³-hybridized carbons (Fsp3) is 0.750. The number of anilines is 1. The van der Waals surface area contributed by atoms with Crippen molar-refractivity contribution in [3.8, 4) is 0 Å². The zero-order chi connectivity index (χ0) is 15.6. The van der Waals surface area contributed by atoms with Crippen LogP contribution in [0.4, 0.5) is 11.5 Å². The van der Waals surface area contributed by atoms with Crippen molar-refractivity contribution in [2.75, 3.05) is 16.8 Å². The van der Waals surface area contributed by atoms with Crippen LogP contribution in [-0.4, -0.2) is 40.7 Å². The van der Waals surface area contributed by atoms with E-state index in [1.165, 1.54) is 4.68 Å². The van der Waals surface area contributed by atoms with E-state index in [0.29, 0.717) is 30.8 Å². The van der Waals surface area contributed by atoms with Gasteiger partial charge in [0, 0.05) is 13.1 Å². The molecule has 2 rings (SSSR count). The van der Waals surface area contributed by atoms with E-state index >= 15 is 0 Å². The van der Waals surface area contributed by atoms with Crippen molar-refractivity contribution >= 4 is 21.3 Å². The second-order valence-corrected chi connectivity index (χ2v) is 7.60. The summed E-state index contributed by atoms with van der Waals surface area (Å²) in [6, 6.07) is -0.299. The van der Waals surface area contributed by atoms with Gasteiger partial charge in [0.2, 0.25) is 5.82 Å². The van der Waals surface area contributed by atoms with Gasteiger partial charge in [-0.3, -0.25) is 10.1 Å². The first-order valence-corrected chi connectivity index (χ1v) is 8.83. The summed E-state index contributed by atoms with van der Waals surface area (Å²) in [4.78, 5) is 10.8. The average Bonchev–Trinajstić information content (AvgIpc) is 2.65. The SMILES string of the molecule is CCCc1nn(C)c(NC2CCCS(=O)(=O)C2)c1[N+](=O)[O-]. The molecule has 0 aliphatic carbocycles. The maximum atomic E-state index is 11.7. The van der Waals surface area contributed by atoms with Crippen LogP contribution in [-0.2, 0) is 23.3 Å². The molecule has 0 saturated carbocycles. The topological polar surface area (TPSA) is 107 Å². The summed E-state index contributed by atoms with van der Waals surface area (Å²) >= 11 is 0. The van der Waals surface area contributed by atoms with Gasteiger partial charge in [-0.05, 0) is 19.3 Å². The molecule has 1 unspecified atom stereocenters. The predicted octanol–water partition coefficient (Wildman–Crippen LogP) is 1.27. The minimum Gasteiger partial charge on any atom is -0.361 e. The van der Waals surface area contributed by atoms with E-state index in [1.54, 1.807) is 7.05 Å². The monoisotopic (exact) mass is 316 g/mol. The number of hydrogen-bond donors (Lipinski definition) is 1. The van der Waals surface area contributed by atoms with Crippen molar-refractivity contribution in [3.05, 3.63) is 15.8 Å². The van der Waals surface area contributed by atoms with Gasteiger partial charge < -0.3 is 5.32 Å². The smallest absolute Gasteiger partial charge is 0.333 e. The van der Waals surface area contributed by atoms with E-state index in [9.17, 15) is 18.5 Å². The van der Waals surface area contributed by atoms with Crippen LogP contribution < -0.4 is 5.32 Å². The van der Waals surface area contributed by atoms with Crippen molar-refractivity contribution in [1.29, 1.82) is 0 Å². The number of sulfone groups is 1. The summed E-state index contributed by atoms with van der Waals surface area (Å²) in [5, 5.41) is 18.5. The number of nitrogens with one attached hydrogen (secondary N) is 1. The van der Waals surface area contributed by atoms with Gasteiger partial charge in [0.15, 0.2) is 9.84 Å². The quantitative estimate of drug-likeness (QED) is 0.647. The summed E-state index contributed by atoms with van der Waals surface area (Å²) in [7, 11) is -1.43. The lowest BCUT2D eigenvalue weighted by atomic mass is 10.2. The Morgan fingerprint density at radius 2 is 2.24 bits per heavy atom. The molecule has 9 heteroatoms. The summed E-state index contributed by atoms with van der Waals surface area (Å²) in [5.74, 6) is 0.503. The molecule has 0 bridgehead atoms. The molecule has 1 fully saturated rings. The van der Waals surface area contributed by atoms with Crippen LogP contribution in [0.15, 0.2) is 0 Å². The largest absolute Gasteiger partial charge is 0.361 e. The first kappa shape index (κ1) is 15.7. The molecule has 0 aromatic carbocycles. The van der Waals surface area contributed by atoms with Gasteiger partial charge in [-0.1, -0.05) is 13.3 Å². The highest BCUT2D eigenvalue weighted by atomic mass is 32.2. The second-order valence-electron chi connectivity index (χ2n) is 5.37. The predicted molar refractivity (Wildman–Crippen MR) is 79.2 cm³/mol. The van der Waals surface area contributed by atoms with E-state index in [2.05, 4.69) is 10.4 Å². The highest BCUT2D eigenvalue weighted by Crippen LogP contribution is 2.30. The van der Waals surface area contributed by atoms with Crippen LogP contribution in [0.25, 0.3) is 0 Å². The average molecular weight is 316 g/mol. The number of aromatic nitrogens is 2. The lowest BCUT2D eigenvalue weighted by Crippen LogP contribution is -2.35. The van der Waals surface area contributed by atoms with E-state index < -0.39 is 14.8 Å². The normalized spacial score (nSPS) is 21.1. The fourth-order valence-electron chi connectivity index (χ4n) is 2.66. The number of nitro groups is 1. The van der Waals surface area contributed by atoms with E-state index in [1.807, 2.05) is 6.92 Å². The van der Waals surface area contributed by atoms with Crippen LogP contribution in [0.3, 0.4) is 0 Å². The van der Waals surface area contributed by atoms with E-state index in [0.717, 1.165) is 6.42 Å². The molecule has 1 aromatic heterocycles. The van der Waals surface area contributed by atoms with Crippen molar-refractivity contribution in [1.82, 2.24) is 9.78 Å². The molecule has 1 aliphatic rings. The minimum absolute atomic E-state index is 0.0123. The molecule has 8 nitrogen and oxygen atoms in total. The van der Waals surface area contributed by atoms with Gasteiger partial charge in [0.1, 0.15) is 5.69 Å². The molecule has 1 atom stereocenters. The van der Waals surface area contributed by atoms with Crippen LogP contribution in [0.5, 0.6) is 0 Å². The first-order chi connectivity index (χ1) is 9.84. The molecule has 1 N–H and O–H groups in total. The maximum Gasteiger partial charge on any atom is 0.333 e. The van der Waals surface area contributed by atoms with Gasteiger partial charge in [0.05, 0.1) is 16.4 Å². The zero-order valence-electron chi connectivity index (χ0n) is 12.2. The Morgan fingerprint density at radius 1 is 1.52 bits per heavy atom. The fourth-order valence-corrected chi connectivity index (χ4v) is 4.29. The molecule has 1 saturated heterocycles. The number of nitrogens with zero attached hydrogens (tertiary/aromatic N) is 3. The molecule has 0 radical (unpaired) electrons. The summed E-state index contributed by atoms with van der Waals surface area (Å²) in [6.07, 6.45) is 2.54. The van der Waals surface area contributed by atoms with Crippen molar-refractivity contribution in [2.24, 2.45) is 7.05 Å². The Morgan fingerprint density at radius 3 is 2.81 bits per heavy atom. The number of rotatable bonds is 5. The first-order valence-electron chi connectivity index (χ1n) is 7.01. The van der Waals surface area contributed by atoms with Gasteiger partial charge in [-0.15, -0.1) is 0 Å². The molecule has 0 spiro atoms. The Bertz CT molecular complexity index is 638. The third kappa shape index (κ3) is 3.52. The van der Waals surface area contributed by atoms with Crippen molar-refractivity contribution < 1.29 is 13.3 Å². The molecule has 0 amide bonds. The van der Waals surface area contributed by atoms with Gasteiger partial charge >= 0.3 is 5.69 Å². The third-order valence-corrected chi connectivity index (χ3v) is 5.39. The zero-order valence-corrected chi connectivity index (χ0v) is 13.0. The van der Waals surface area contributed by atoms with Gasteiger partial charge in [-0.2, -0.15) is 5.10 Å². The van der Waals surface area contributed by atoms with E-state index in [-0.39, 0.29) is 23.2 Å². The Labute approximate surface area is 123 Å². The number of hydrogen-bond acceptors (Lipinski definition) is 6. The number of aryl methyl sites for hydroxylation is 2. The standard InChI is InChI=1S/C12H20N4O4S/c1-3-5-10-11(16(17)18)12(15(2)14-10)13-9-6-4-7-21(19,20)8-9/h9,13H,3-8H2,1-2H3. The molecular weight excluding hydrogens is 296 g/mol. The second kappa shape index (κ2) is 6.00. The van der Waals surface area contributed by atoms with Gasteiger partial charge in [0.25, 0.3) is 0 Å². The maximum absolute atomic E-state index is 11.7. The Balaban J connectivity index is 2.29. The van der Waals surface area contributed by atoms with Gasteiger partial charge in [-0.25, -0.2) is 13.1 Å². The molecule has 1 aromatic rings. The van der Waals surface area contributed by atoms with Crippen molar-refractivity contribution in [3.63, 3.8) is 0 Å².